The number of rotatable bonds is 6. The molecule has 2 N–H and O–H groups in total. The molecule has 3 rings (SSSR count). The number of fused-ring (bicyclic) bond motifs is 1. The highest BCUT2D eigenvalue weighted by molar-refractivity contribution is 7.99. The second-order valence-corrected chi connectivity index (χ2v) is 7.88. The Kier molecular flexibility index (Phi) is 5.83. The van der Waals surface area contributed by atoms with Gasteiger partial charge in [0.05, 0.1) is 23.7 Å². The van der Waals surface area contributed by atoms with Crippen LogP contribution in [0.15, 0.2) is 38.7 Å². The Hall–Kier alpha value is -2.06. The number of anilines is 1. The number of nitrogens with zero attached hydrogens (tertiary/aromatic N) is 1. The predicted octanol–water partition coefficient (Wildman–Crippen LogP) is 3.73. The average Bonchev–Trinajstić information content (AvgIpc) is 3.13. The second-order valence-electron chi connectivity index (χ2n) is 5.81. The third-order valence-electron chi connectivity index (χ3n) is 3.99. The number of nitrogens with one attached hydrogen (secondary N) is 2. The SMILES string of the molecule is CCCSc1nc2c(c(=O)[nH]1)[C@H](c1cccs1)C(C(=O)OCC)=C(C)N2. The van der Waals surface area contributed by atoms with Crippen molar-refractivity contribution in [2.24, 2.45) is 0 Å². The van der Waals surface area contributed by atoms with Gasteiger partial charge in [-0.1, -0.05) is 24.8 Å². The van der Waals surface area contributed by atoms with Crippen LogP contribution in [0.25, 0.3) is 0 Å². The molecule has 0 aliphatic carbocycles. The maximum absolute atomic E-state index is 12.9. The molecule has 0 spiro atoms. The molecule has 0 bridgehead atoms. The maximum Gasteiger partial charge on any atom is 0.336 e. The highest BCUT2D eigenvalue weighted by Crippen LogP contribution is 2.41. The van der Waals surface area contributed by atoms with Gasteiger partial charge in [0.1, 0.15) is 5.82 Å². The summed E-state index contributed by atoms with van der Waals surface area (Å²) in [6.45, 7) is 5.94. The molecule has 138 valence electrons. The average molecular weight is 392 g/mol. The number of carbonyl (C=O) groups is 1. The molecule has 1 atom stereocenters. The summed E-state index contributed by atoms with van der Waals surface area (Å²) in [4.78, 5) is 33.8. The lowest BCUT2D eigenvalue weighted by Gasteiger charge is -2.27. The number of thiophene rings is 1. The number of carbonyl (C=O) groups excluding carboxylic acids is 1. The number of hydrogen-bond acceptors (Lipinski definition) is 7. The van der Waals surface area contributed by atoms with Crippen LogP contribution in [0.3, 0.4) is 0 Å². The van der Waals surface area contributed by atoms with E-state index in [1.807, 2.05) is 24.4 Å². The van der Waals surface area contributed by atoms with Gasteiger partial charge in [-0.25, -0.2) is 9.78 Å². The van der Waals surface area contributed by atoms with E-state index < -0.39 is 11.9 Å². The fourth-order valence-corrected chi connectivity index (χ4v) is 4.48. The fourth-order valence-electron chi connectivity index (χ4n) is 2.92. The first kappa shape index (κ1) is 18.7. The van der Waals surface area contributed by atoms with Crippen LogP contribution in [0.5, 0.6) is 0 Å². The van der Waals surface area contributed by atoms with Crippen LogP contribution in [-0.4, -0.2) is 28.3 Å². The molecule has 0 unspecified atom stereocenters. The summed E-state index contributed by atoms with van der Waals surface area (Å²) in [7, 11) is 0. The predicted molar refractivity (Wildman–Crippen MR) is 105 cm³/mol. The molecule has 8 heteroatoms. The smallest absolute Gasteiger partial charge is 0.336 e. The van der Waals surface area contributed by atoms with Crippen LogP contribution < -0.4 is 10.9 Å². The lowest BCUT2D eigenvalue weighted by atomic mass is 9.86. The molecule has 26 heavy (non-hydrogen) atoms. The van der Waals surface area contributed by atoms with Crippen molar-refractivity contribution in [3.63, 3.8) is 0 Å². The van der Waals surface area contributed by atoms with E-state index in [0.29, 0.717) is 27.8 Å². The van der Waals surface area contributed by atoms with Crippen molar-refractivity contribution in [3.05, 3.63) is 49.6 Å². The Morgan fingerprint density at radius 2 is 2.23 bits per heavy atom. The van der Waals surface area contributed by atoms with Gasteiger partial charge in [0, 0.05) is 16.3 Å². The second kappa shape index (κ2) is 8.09. The Labute approximate surface area is 160 Å². The third-order valence-corrected chi connectivity index (χ3v) is 6.00. The molecule has 6 nitrogen and oxygen atoms in total. The normalized spacial score (nSPS) is 16.2. The maximum atomic E-state index is 12.9. The molecule has 1 aliphatic heterocycles. The summed E-state index contributed by atoms with van der Waals surface area (Å²) in [5.41, 5.74) is 1.36. The van der Waals surface area contributed by atoms with Gasteiger partial charge in [0.15, 0.2) is 5.16 Å². The van der Waals surface area contributed by atoms with Gasteiger partial charge < -0.3 is 15.0 Å². The fraction of sp³-hybridized carbons (Fsp3) is 0.389. The van der Waals surface area contributed by atoms with E-state index in [-0.39, 0.29) is 12.2 Å². The minimum atomic E-state index is -0.480. The first-order valence-corrected chi connectivity index (χ1v) is 10.4. The van der Waals surface area contributed by atoms with E-state index in [4.69, 9.17) is 4.74 Å². The summed E-state index contributed by atoms with van der Waals surface area (Å²) in [6, 6.07) is 3.84. The monoisotopic (exact) mass is 391 g/mol. The summed E-state index contributed by atoms with van der Waals surface area (Å²) >= 11 is 3.02. The molecule has 0 amide bonds. The minimum Gasteiger partial charge on any atom is -0.463 e. The molecule has 2 aromatic heterocycles. The van der Waals surface area contributed by atoms with Crippen molar-refractivity contribution in [2.75, 3.05) is 17.7 Å². The highest BCUT2D eigenvalue weighted by atomic mass is 32.2. The van der Waals surface area contributed by atoms with Gasteiger partial charge in [-0.15, -0.1) is 11.3 Å². The van der Waals surface area contributed by atoms with Gasteiger partial charge in [-0.3, -0.25) is 4.79 Å². The number of ether oxygens (including phenoxy) is 1. The largest absolute Gasteiger partial charge is 0.463 e. The van der Waals surface area contributed by atoms with Crippen molar-refractivity contribution in [2.45, 2.75) is 38.3 Å². The van der Waals surface area contributed by atoms with E-state index in [9.17, 15) is 9.59 Å². The summed E-state index contributed by atoms with van der Waals surface area (Å²) in [5.74, 6) is 0.493. The molecule has 2 aromatic rings. The first-order chi connectivity index (χ1) is 12.6. The number of H-pyrrole nitrogens is 1. The minimum absolute atomic E-state index is 0.228. The van der Waals surface area contributed by atoms with Crippen LogP contribution in [0.2, 0.25) is 0 Å². The van der Waals surface area contributed by atoms with Crippen molar-refractivity contribution < 1.29 is 9.53 Å². The van der Waals surface area contributed by atoms with Gasteiger partial charge in [0.2, 0.25) is 0 Å². The Bertz CT molecular complexity index is 888. The molecule has 0 aromatic carbocycles. The van der Waals surface area contributed by atoms with Gasteiger partial charge in [0.25, 0.3) is 5.56 Å². The molecule has 0 saturated carbocycles. The number of esters is 1. The zero-order valence-corrected chi connectivity index (χ0v) is 16.6. The summed E-state index contributed by atoms with van der Waals surface area (Å²) < 4.78 is 5.24. The van der Waals surface area contributed by atoms with E-state index in [1.165, 1.54) is 23.1 Å². The van der Waals surface area contributed by atoms with Crippen molar-refractivity contribution in [1.82, 2.24) is 9.97 Å². The van der Waals surface area contributed by atoms with E-state index in [1.54, 1.807) is 6.92 Å². The molecule has 0 radical (unpaired) electrons. The van der Waals surface area contributed by atoms with Crippen molar-refractivity contribution in [1.29, 1.82) is 0 Å². The molecule has 1 aliphatic rings. The highest BCUT2D eigenvalue weighted by Gasteiger charge is 2.36. The van der Waals surface area contributed by atoms with Crippen LogP contribution in [0.4, 0.5) is 5.82 Å². The first-order valence-electron chi connectivity index (χ1n) is 8.52. The van der Waals surface area contributed by atoms with Crippen LogP contribution in [0.1, 0.15) is 43.6 Å². The van der Waals surface area contributed by atoms with Gasteiger partial charge >= 0.3 is 5.97 Å². The number of aromatic nitrogens is 2. The molecule has 0 saturated heterocycles. The van der Waals surface area contributed by atoms with Gasteiger partial charge in [-0.2, -0.15) is 0 Å². The lowest BCUT2D eigenvalue weighted by Crippen LogP contribution is -2.30. The van der Waals surface area contributed by atoms with Gasteiger partial charge in [-0.05, 0) is 31.7 Å². The summed E-state index contributed by atoms with van der Waals surface area (Å²) in [6.07, 6.45) is 0.989. The number of allylic oxidation sites excluding steroid dienone is 1. The van der Waals surface area contributed by atoms with Crippen molar-refractivity contribution >= 4 is 34.9 Å². The molecule has 0 fully saturated rings. The quantitative estimate of drug-likeness (QED) is 0.443. The Morgan fingerprint density at radius 1 is 1.42 bits per heavy atom. The lowest BCUT2D eigenvalue weighted by molar-refractivity contribution is -0.138. The Balaban J connectivity index is 2.14. The topological polar surface area (TPSA) is 84.1 Å². The van der Waals surface area contributed by atoms with E-state index >= 15 is 0 Å². The molecule has 3 heterocycles. The van der Waals surface area contributed by atoms with Crippen molar-refractivity contribution in [3.8, 4) is 0 Å². The number of thioether (sulfide) groups is 1. The molecular formula is C18H21N3O3S2. The number of aromatic amines is 1. The van der Waals surface area contributed by atoms with Crippen LogP contribution in [-0.2, 0) is 9.53 Å². The Morgan fingerprint density at radius 3 is 2.88 bits per heavy atom. The van der Waals surface area contributed by atoms with Crippen LogP contribution in [0, 0.1) is 0 Å². The zero-order valence-electron chi connectivity index (χ0n) is 14.9. The number of hydrogen-bond donors (Lipinski definition) is 2. The van der Waals surface area contributed by atoms with E-state index in [0.717, 1.165) is 17.1 Å². The van der Waals surface area contributed by atoms with Crippen LogP contribution >= 0.6 is 23.1 Å². The molecular weight excluding hydrogens is 370 g/mol. The third kappa shape index (κ3) is 3.57. The standard InChI is InChI=1S/C18H21N3O3S2/c1-4-8-26-18-20-15-14(16(22)21-18)13(11-7-6-9-25-11)12(10(3)19-15)17(23)24-5-2/h6-7,9,13H,4-5,8H2,1-3H3,(H2,19,20,21,22)/t13-/m1/s1. The summed E-state index contributed by atoms with van der Waals surface area (Å²) in [5, 5.41) is 5.65. The van der Waals surface area contributed by atoms with E-state index in [2.05, 4.69) is 22.2 Å². The zero-order chi connectivity index (χ0) is 18.7.